The predicted molar refractivity (Wildman–Crippen MR) is 149 cm³/mol. The molecular weight excluding hydrogens is 630 g/mol. The van der Waals surface area contributed by atoms with Crippen LogP contribution in [0.2, 0.25) is 0 Å². The fourth-order valence-electron chi connectivity index (χ4n) is 4.84. The van der Waals surface area contributed by atoms with Crippen molar-refractivity contribution in [1.82, 2.24) is 0 Å². The molecule has 1 aliphatic heterocycles. The lowest BCUT2D eigenvalue weighted by Gasteiger charge is -2.28. The maximum atomic E-state index is 15.1. The molecule has 0 aliphatic carbocycles. The Kier molecular flexibility index (Phi) is 9.38. The van der Waals surface area contributed by atoms with Crippen molar-refractivity contribution in [2.24, 2.45) is 5.92 Å². The molecule has 1 aliphatic rings. The number of aliphatic hydroxyl groups excluding tert-OH is 1. The minimum Gasteiger partial charge on any atom is -0.429 e. The smallest absolute Gasteiger partial charge is 0.429 e. The maximum Gasteiger partial charge on any atom is 0.429 e. The summed E-state index contributed by atoms with van der Waals surface area (Å²) in [7, 11) is 0. The molecule has 13 heteroatoms. The SMILES string of the molecule is N#Cc1ccc(-c2c(F)cc(OC(F)(F)c3ccc(-c4c(F)cc(C5OCC(CCO)CS5)cc4F)cc3F)cc2F)cc1F. The van der Waals surface area contributed by atoms with E-state index in [0.29, 0.717) is 42.5 Å². The van der Waals surface area contributed by atoms with Gasteiger partial charge in [-0.1, -0.05) is 12.1 Å². The van der Waals surface area contributed by atoms with Crippen molar-refractivity contribution in [1.29, 1.82) is 5.26 Å². The molecule has 1 fully saturated rings. The van der Waals surface area contributed by atoms with Crippen LogP contribution in [0.25, 0.3) is 22.3 Å². The summed E-state index contributed by atoms with van der Waals surface area (Å²) in [5, 5.41) is 17.9. The average Bonchev–Trinajstić information content (AvgIpc) is 2.97. The van der Waals surface area contributed by atoms with Gasteiger partial charge in [0, 0.05) is 24.5 Å². The second kappa shape index (κ2) is 13.1. The van der Waals surface area contributed by atoms with E-state index in [1.807, 2.05) is 0 Å². The van der Waals surface area contributed by atoms with Crippen LogP contribution in [0.5, 0.6) is 5.75 Å². The van der Waals surface area contributed by atoms with Crippen LogP contribution in [0.1, 0.15) is 28.5 Å². The normalized spacial score (nSPS) is 16.8. The minimum absolute atomic E-state index is 0.0148. The summed E-state index contributed by atoms with van der Waals surface area (Å²) in [6.45, 7) is 0.270. The predicted octanol–water partition coefficient (Wildman–Crippen LogP) is 8.62. The number of ether oxygens (including phenoxy) is 2. The van der Waals surface area contributed by atoms with Crippen LogP contribution in [0.3, 0.4) is 0 Å². The molecule has 1 N–H and O–H groups in total. The average molecular weight is 652 g/mol. The van der Waals surface area contributed by atoms with E-state index >= 15 is 8.78 Å². The fraction of sp³-hybridized carbons (Fsp3) is 0.219. The summed E-state index contributed by atoms with van der Waals surface area (Å²) in [5.41, 5.74) is -4.43. The van der Waals surface area contributed by atoms with E-state index in [-0.39, 0.29) is 35.8 Å². The molecule has 234 valence electrons. The van der Waals surface area contributed by atoms with Crippen molar-refractivity contribution in [3.8, 4) is 34.1 Å². The number of hydrogen-bond acceptors (Lipinski definition) is 5. The molecule has 0 bridgehead atoms. The van der Waals surface area contributed by atoms with Gasteiger partial charge in [-0.3, -0.25) is 0 Å². The van der Waals surface area contributed by atoms with Crippen LogP contribution in [0, 0.1) is 52.2 Å². The highest BCUT2D eigenvalue weighted by atomic mass is 32.2. The molecule has 4 nitrogen and oxygen atoms in total. The Labute approximate surface area is 255 Å². The van der Waals surface area contributed by atoms with Gasteiger partial charge in [-0.25, -0.2) is 26.3 Å². The zero-order valence-electron chi connectivity index (χ0n) is 22.9. The van der Waals surface area contributed by atoms with Gasteiger partial charge in [0.05, 0.1) is 28.9 Å². The lowest BCUT2D eigenvalue weighted by atomic mass is 10.00. The maximum absolute atomic E-state index is 15.1. The van der Waals surface area contributed by atoms with Crippen molar-refractivity contribution >= 4 is 11.8 Å². The summed E-state index contributed by atoms with van der Waals surface area (Å²) in [5.74, 6) is -8.01. The Morgan fingerprint density at radius 3 is 1.91 bits per heavy atom. The van der Waals surface area contributed by atoms with Gasteiger partial charge in [-0.05, 0) is 65.4 Å². The Morgan fingerprint density at radius 1 is 0.822 bits per heavy atom. The summed E-state index contributed by atoms with van der Waals surface area (Å²) >= 11 is 1.30. The standard InChI is InChI=1S/C32H21F8NO3S/c33-23-7-17(1-2-19(23)13-41)30-27(37)11-21(12-28(30)38)44-32(39,40)22-4-3-18(8-24(22)34)29-25(35)9-20(10-26(29)36)31-43-14-16(5-6-42)15-45-31/h1-4,7-12,16,31,42H,5-6,14-15H2. The number of halogens is 8. The number of hydrogen-bond donors (Lipinski definition) is 1. The molecule has 0 saturated carbocycles. The highest BCUT2D eigenvalue weighted by Crippen LogP contribution is 2.41. The third-order valence-electron chi connectivity index (χ3n) is 7.05. The number of nitrogens with zero attached hydrogens (tertiary/aromatic N) is 1. The Balaban J connectivity index is 1.36. The van der Waals surface area contributed by atoms with Crippen LogP contribution in [-0.2, 0) is 10.8 Å². The monoisotopic (exact) mass is 651 g/mol. The number of aliphatic hydroxyl groups is 1. The second-order valence-corrected chi connectivity index (χ2v) is 11.2. The highest BCUT2D eigenvalue weighted by Gasteiger charge is 2.38. The van der Waals surface area contributed by atoms with Gasteiger partial charge in [0.1, 0.15) is 52.2 Å². The summed E-state index contributed by atoms with van der Waals surface area (Å²) in [6.07, 6.45) is -3.97. The minimum atomic E-state index is -4.49. The molecular formula is C32H21F8NO3S. The van der Waals surface area contributed by atoms with Crippen LogP contribution >= 0.6 is 11.8 Å². The second-order valence-electron chi connectivity index (χ2n) is 10.1. The highest BCUT2D eigenvalue weighted by molar-refractivity contribution is 7.99. The Morgan fingerprint density at radius 2 is 1.40 bits per heavy atom. The van der Waals surface area contributed by atoms with Crippen molar-refractivity contribution < 1.29 is 49.7 Å². The molecule has 2 unspecified atom stereocenters. The van der Waals surface area contributed by atoms with E-state index in [1.54, 1.807) is 6.07 Å². The van der Waals surface area contributed by atoms with Crippen molar-refractivity contribution in [2.45, 2.75) is 18.0 Å². The molecule has 0 aromatic heterocycles. The molecule has 2 atom stereocenters. The number of rotatable bonds is 8. The van der Waals surface area contributed by atoms with Gasteiger partial charge in [0.2, 0.25) is 0 Å². The van der Waals surface area contributed by atoms with Crippen LogP contribution in [-0.4, -0.2) is 24.1 Å². The zero-order valence-corrected chi connectivity index (χ0v) is 23.7. The first-order valence-electron chi connectivity index (χ1n) is 13.3. The lowest BCUT2D eigenvalue weighted by Crippen LogP contribution is -2.23. The molecule has 0 amide bonds. The topological polar surface area (TPSA) is 62.5 Å². The quantitative estimate of drug-likeness (QED) is 0.193. The molecule has 1 heterocycles. The van der Waals surface area contributed by atoms with E-state index in [2.05, 4.69) is 4.74 Å². The van der Waals surface area contributed by atoms with Crippen LogP contribution < -0.4 is 4.74 Å². The van der Waals surface area contributed by atoms with Gasteiger partial charge >= 0.3 is 6.11 Å². The summed E-state index contributed by atoms with van der Waals surface area (Å²) in [4.78, 5) is 0. The molecule has 0 spiro atoms. The zero-order chi connectivity index (χ0) is 32.5. The first-order valence-corrected chi connectivity index (χ1v) is 14.4. The first kappa shape index (κ1) is 32.3. The molecule has 45 heavy (non-hydrogen) atoms. The molecule has 4 aromatic rings. The first-order chi connectivity index (χ1) is 21.4. The third-order valence-corrected chi connectivity index (χ3v) is 8.43. The summed E-state index contributed by atoms with van der Waals surface area (Å²) in [6, 6.07) is 8.93. The van der Waals surface area contributed by atoms with E-state index < -0.39 is 74.5 Å². The van der Waals surface area contributed by atoms with Crippen molar-refractivity contribution in [3.63, 3.8) is 0 Å². The van der Waals surface area contributed by atoms with Crippen molar-refractivity contribution in [2.75, 3.05) is 19.0 Å². The molecule has 0 radical (unpaired) electrons. The van der Waals surface area contributed by atoms with Gasteiger partial charge in [-0.2, -0.15) is 14.0 Å². The molecule has 5 rings (SSSR count). The van der Waals surface area contributed by atoms with E-state index in [1.165, 1.54) is 11.8 Å². The Hall–Kier alpha value is -4.12. The molecule has 1 saturated heterocycles. The molecule has 4 aromatic carbocycles. The lowest BCUT2D eigenvalue weighted by molar-refractivity contribution is -0.187. The van der Waals surface area contributed by atoms with Gasteiger partial charge in [-0.15, -0.1) is 11.8 Å². The number of alkyl halides is 2. The van der Waals surface area contributed by atoms with E-state index in [0.717, 1.165) is 30.3 Å². The number of benzene rings is 4. The van der Waals surface area contributed by atoms with E-state index in [9.17, 15) is 26.3 Å². The van der Waals surface area contributed by atoms with E-state index in [4.69, 9.17) is 15.1 Å². The third kappa shape index (κ3) is 6.78. The van der Waals surface area contributed by atoms with Crippen molar-refractivity contribution in [3.05, 3.63) is 112 Å². The van der Waals surface area contributed by atoms with Crippen LogP contribution in [0.4, 0.5) is 35.1 Å². The largest absolute Gasteiger partial charge is 0.429 e. The number of nitriles is 1. The van der Waals surface area contributed by atoms with Gasteiger partial charge < -0.3 is 14.6 Å². The Bertz CT molecular complexity index is 1740. The summed E-state index contributed by atoms with van der Waals surface area (Å²) < 4.78 is 129. The fourth-order valence-corrected chi connectivity index (χ4v) is 6.06. The van der Waals surface area contributed by atoms with Crippen LogP contribution in [0.15, 0.2) is 60.7 Å². The van der Waals surface area contributed by atoms with Gasteiger partial charge in [0.15, 0.2) is 0 Å². The van der Waals surface area contributed by atoms with Gasteiger partial charge in [0.25, 0.3) is 0 Å². The number of thioether (sulfide) groups is 1.